The first-order valence-electron chi connectivity index (χ1n) is 11.9. The lowest BCUT2D eigenvalue weighted by Crippen LogP contribution is -2.29. The third-order valence-electron chi connectivity index (χ3n) is 5.60. The molecule has 36 heavy (non-hydrogen) atoms. The number of hydrogen-bond donors (Lipinski definition) is 2. The molecule has 0 spiro atoms. The summed E-state index contributed by atoms with van der Waals surface area (Å²) in [5.41, 5.74) is 0.253. The van der Waals surface area contributed by atoms with E-state index >= 15 is 0 Å². The number of carboxylic acids is 1. The van der Waals surface area contributed by atoms with Crippen LogP contribution in [0.4, 0.5) is 5.69 Å². The summed E-state index contributed by atoms with van der Waals surface area (Å²) in [7, 11) is 1.34. The third-order valence-corrected chi connectivity index (χ3v) is 5.60. The van der Waals surface area contributed by atoms with Crippen LogP contribution < -0.4 is 5.32 Å². The van der Waals surface area contributed by atoms with E-state index in [9.17, 15) is 19.2 Å². The fraction of sp³-hybridized carbons (Fsp3) is 0.615. The van der Waals surface area contributed by atoms with Crippen LogP contribution in [-0.4, -0.2) is 55.9 Å². The Labute approximate surface area is 213 Å². The Bertz CT molecular complexity index is 832. The second kappa shape index (κ2) is 16.6. The van der Waals surface area contributed by atoms with Crippen molar-refractivity contribution in [1.29, 1.82) is 0 Å². The molecule has 0 aliphatic rings. The van der Waals surface area contributed by atoms with E-state index in [1.54, 1.807) is 24.3 Å². The predicted molar refractivity (Wildman–Crippen MR) is 134 cm³/mol. The number of benzene rings is 1. The van der Waals surface area contributed by atoms with Gasteiger partial charge in [-0.3, -0.25) is 14.4 Å². The minimum absolute atomic E-state index is 0.0316. The molecule has 0 aliphatic carbocycles. The van der Waals surface area contributed by atoms with Gasteiger partial charge in [0.15, 0.2) is 0 Å². The Morgan fingerprint density at radius 3 is 1.92 bits per heavy atom. The van der Waals surface area contributed by atoms with Gasteiger partial charge < -0.3 is 19.9 Å². The van der Waals surface area contributed by atoms with E-state index < -0.39 is 16.8 Å². The van der Waals surface area contributed by atoms with Crippen molar-refractivity contribution in [3.63, 3.8) is 0 Å². The molecule has 2 N–H and O–H groups in total. The third kappa shape index (κ3) is 13.2. The van der Waals surface area contributed by atoms with E-state index in [0.717, 1.165) is 6.42 Å². The van der Waals surface area contributed by atoms with Gasteiger partial charge in [-0.25, -0.2) is 14.6 Å². The zero-order valence-corrected chi connectivity index (χ0v) is 22.5. The van der Waals surface area contributed by atoms with E-state index in [4.69, 9.17) is 19.6 Å². The molecule has 0 saturated heterocycles. The van der Waals surface area contributed by atoms with Crippen LogP contribution in [0, 0.1) is 10.8 Å². The van der Waals surface area contributed by atoms with Crippen LogP contribution in [0.5, 0.6) is 0 Å². The molecule has 10 nitrogen and oxygen atoms in total. The lowest BCUT2D eigenvalue weighted by Gasteiger charge is -2.21. The molecule has 1 rings (SSSR count). The molecular formula is C26H41NO9. The van der Waals surface area contributed by atoms with Gasteiger partial charge >= 0.3 is 17.9 Å². The molecule has 1 amide bonds. The summed E-state index contributed by atoms with van der Waals surface area (Å²) in [5.74, 6) is -1.55. The van der Waals surface area contributed by atoms with Crippen LogP contribution in [0.1, 0.15) is 77.6 Å². The zero-order chi connectivity index (χ0) is 27.8. The number of aliphatic carboxylic acids is 1. The lowest BCUT2D eigenvalue weighted by atomic mass is 9.89. The Kier molecular flexibility index (Phi) is 15.3. The molecule has 0 heterocycles. The molecule has 0 bridgehead atoms. The van der Waals surface area contributed by atoms with Crippen LogP contribution >= 0.6 is 0 Å². The van der Waals surface area contributed by atoms with Crippen molar-refractivity contribution in [2.24, 2.45) is 10.8 Å². The fourth-order valence-corrected chi connectivity index (χ4v) is 2.18. The summed E-state index contributed by atoms with van der Waals surface area (Å²) in [6.45, 7) is 11.8. The zero-order valence-electron chi connectivity index (χ0n) is 22.5. The summed E-state index contributed by atoms with van der Waals surface area (Å²) >= 11 is 0. The van der Waals surface area contributed by atoms with Crippen molar-refractivity contribution in [3.05, 3.63) is 29.8 Å². The maximum atomic E-state index is 11.9. The minimum atomic E-state index is -0.866. The van der Waals surface area contributed by atoms with E-state index in [2.05, 4.69) is 10.1 Å². The average Bonchev–Trinajstić information content (AvgIpc) is 2.85. The Balaban J connectivity index is 0.000000681. The summed E-state index contributed by atoms with van der Waals surface area (Å²) in [4.78, 5) is 54.3. The van der Waals surface area contributed by atoms with Gasteiger partial charge in [0.1, 0.15) is 13.2 Å². The quantitative estimate of drug-likeness (QED) is 0.158. The normalized spacial score (nSPS) is 11.1. The standard InChI is InChI=1S/C14H19NO3.C12H22O6/c1-5-14(2,3)13(17)15-11-8-6-10(7-9-11)12(16)18-4;1-4-12(2,3)11(15)16-8-9-18-17-7-5-6-10(13)14/h6-9H,5H2,1-4H3,(H,15,17);4-9H2,1-3H3,(H,13,14). The fourth-order valence-electron chi connectivity index (χ4n) is 2.18. The molecule has 0 fully saturated rings. The molecule has 204 valence electrons. The summed E-state index contributed by atoms with van der Waals surface area (Å²) in [5, 5.41) is 11.2. The highest BCUT2D eigenvalue weighted by molar-refractivity contribution is 5.95. The molecule has 0 unspecified atom stereocenters. The smallest absolute Gasteiger partial charge is 0.337 e. The monoisotopic (exact) mass is 511 g/mol. The van der Waals surface area contributed by atoms with E-state index in [-0.39, 0.29) is 44.1 Å². The van der Waals surface area contributed by atoms with Gasteiger partial charge in [0.05, 0.1) is 24.7 Å². The summed E-state index contributed by atoms with van der Waals surface area (Å²) in [6.07, 6.45) is 1.90. The molecule has 0 atom stereocenters. The van der Waals surface area contributed by atoms with Crippen LogP contribution in [0.15, 0.2) is 24.3 Å². The van der Waals surface area contributed by atoms with Gasteiger partial charge in [-0.1, -0.05) is 27.7 Å². The largest absolute Gasteiger partial charge is 0.481 e. The van der Waals surface area contributed by atoms with Gasteiger partial charge in [-0.15, -0.1) is 0 Å². The molecule has 1 aromatic carbocycles. The average molecular weight is 512 g/mol. The van der Waals surface area contributed by atoms with Crippen LogP contribution in [-0.2, 0) is 33.6 Å². The van der Waals surface area contributed by atoms with Gasteiger partial charge in [0.25, 0.3) is 0 Å². The van der Waals surface area contributed by atoms with Gasteiger partial charge in [0, 0.05) is 17.5 Å². The van der Waals surface area contributed by atoms with E-state index in [1.165, 1.54) is 7.11 Å². The Morgan fingerprint density at radius 2 is 1.42 bits per heavy atom. The number of ether oxygens (including phenoxy) is 2. The number of amides is 1. The van der Waals surface area contributed by atoms with Crippen LogP contribution in [0.25, 0.3) is 0 Å². The number of carboxylic acid groups (broad SMARTS) is 1. The second-order valence-electron chi connectivity index (χ2n) is 9.28. The van der Waals surface area contributed by atoms with Crippen LogP contribution in [0.3, 0.4) is 0 Å². The van der Waals surface area contributed by atoms with Crippen LogP contribution in [0.2, 0.25) is 0 Å². The molecule has 0 aliphatic heterocycles. The molecule has 0 radical (unpaired) electrons. The highest BCUT2D eigenvalue weighted by Crippen LogP contribution is 2.23. The first-order chi connectivity index (χ1) is 16.8. The van der Waals surface area contributed by atoms with Crippen molar-refractivity contribution in [3.8, 4) is 0 Å². The predicted octanol–water partition coefficient (Wildman–Crippen LogP) is 4.63. The first-order valence-corrected chi connectivity index (χ1v) is 11.9. The number of anilines is 1. The van der Waals surface area contributed by atoms with Crippen molar-refractivity contribution in [2.45, 2.75) is 67.2 Å². The highest BCUT2D eigenvalue weighted by atomic mass is 17.2. The van der Waals surface area contributed by atoms with Gasteiger partial charge in [-0.05, 0) is 57.4 Å². The van der Waals surface area contributed by atoms with E-state index in [0.29, 0.717) is 24.1 Å². The molecule has 0 aromatic heterocycles. The van der Waals surface area contributed by atoms with Gasteiger partial charge in [-0.2, -0.15) is 0 Å². The van der Waals surface area contributed by atoms with Crippen molar-refractivity contribution in [2.75, 3.05) is 32.2 Å². The maximum Gasteiger partial charge on any atom is 0.337 e. The summed E-state index contributed by atoms with van der Waals surface area (Å²) < 4.78 is 9.61. The molecular weight excluding hydrogens is 470 g/mol. The van der Waals surface area contributed by atoms with Crippen molar-refractivity contribution < 1.29 is 43.5 Å². The Morgan fingerprint density at radius 1 is 0.861 bits per heavy atom. The number of nitrogens with one attached hydrogen (secondary N) is 1. The number of rotatable bonds is 14. The number of esters is 2. The topological polar surface area (TPSA) is 137 Å². The first kappa shape index (κ1) is 33.0. The minimum Gasteiger partial charge on any atom is -0.481 e. The SMILES string of the molecule is CCC(C)(C)C(=O)Nc1ccc(C(=O)OC)cc1.CCC(C)(C)C(=O)OCCOOCCCC(=O)O. The lowest BCUT2D eigenvalue weighted by molar-refractivity contribution is -0.298. The van der Waals surface area contributed by atoms with Crippen molar-refractivity contribution in [1.82, 2.24) is 0 Å². The highest BCUT2D eigenvalue weighted by Gasteiger charge is 2.27. The number of carbonyl (C=O) groups excluding carboxylic acids is 3. The number of carbonyl (C=O) groups is 4. The second-order valence-corrected chi connectivity index (χ2v) is 9.28. The molecule has 0 saturated carbocycles. The molecule has 10 heteroatoms. The number of hydrogen-bond acceptors (Lipinski definition) is 8. The van der Waals surface area contributed by atoms with Crippen molar-refractivity contribution >= 4 is 29.5 Å². The molecule has 1 aromatic rings. The Hall–Kier alpha value is -2.98. The number of methoxy groups -OCH3 is 1. The van der Waals surface area contributed by atoms with E-state index in [1.807, 2.05) is 41.5 Å². The van der Waals surface area contributed by atoms with Gasteiger partial charge in [0.2, 0.25) is 5.91 Å². The maximum absolute atomic E-state index is 11.9. The summed E-state index contributed by atoms with van der Waals surface area (Å²) in [6, 6.07) is 6.63.